The molecule has 1 N–H and O–H groups in total. The van der Waals surface area contributed by atoms with Gasteiger partial charge in [-0.05, 0) is 37.6 Å². The number of nitrogens with zero attached hydrogens (tertiary/aromatic N) is 7. The molecule has 13 heteroatoms. The number of hydrogen-bond acceptors (Lipinski definition) is 8. The zero-order valence-electron chi connectivity index (χ0n) is 24.1. The van der Waals surface area contributed by atoms with Crippen molar-refractivity contribution < 1.29 is 13.2 Å². The average Bonchev–Trinajstić information content (AvgIpc) is 3.54. The Hall–Kier alpha value is -3.55. The van der Waals surface area contributed by atoms with Gasteiger partial charge in [-0.3, -0.25) is 4.79 Å². The van der Waals surface area contributed by atoms with Crippen LogP contribution in [0.3, 0.4) is 0 Å². The van der Waals surface area contributed by atoms with Crippen molar-refractivity contribution in [3.8, 4) is 17.1 Å². The fourth-order valence-corrected chi connectivity index (χ4v) is 6.56. The lowest BCUT2D eigenvalue weighted by Crippen LogP contribution is -2.48. The first kappa shape index (κ1) is 29.0. The molecule has 0 spiro atoms. The molecule has 4 aromatic rings. The zero-order valence-corrected chi connectivity index (χ0v) is 24.9. The van der Waals surface area contributed by atoms with E-state index in [2.05, 4.69) is 21.8 Å². The van der Waals surface area contributed by atoms with Gasteiger partial charge in [0.1, 0.15) is 29.5 Å². The van der Waals surface area contributed by atoms with E-state index in [1.54, 1.807) is 29.1 Å². The maximum atomic E-state index is 13.6. The Balaban J connectivity index is 1.60. The maximum Gasteiger partial charge on any atom is 0.277 e. The summed E-state index contributed by atoms with van der Waals surface area (Å²) in [5.74, 6) is 1.46. The Kier molecular flexibility index (Phi) is 8.57. The van der Waals surface area contributed by atoms with Crippen LogP contribution in [-0.4, -0.2) is 86.3 Å². The van der Waals surface area contributed by atoms with Crippen LogP contribution in [0, 0.1) is 0 Å². The van der Waals surface area contributed by atoms with E-state index >= 15 is 0 Å². The van der Waals surface area contributed by atoms with Gasteiger partial charge < -0.3 is 19.2 Å². The summed E-state index contributed by atoms with van der Waals surface area (Å²) in [6.07, 6.45) is 5.78. The average molecular weight is 583 g/mol. The van der Waals surface area contributed by atoms with Gasteiger partial charge in [0.15, 0.2) is 5.52 Å². The lowest BCUT2D eigenvalue weighted by Gasteiger charge is -2.33. The van der Waals surface area contributed by atoms with Crippen LogP contribution in [0.1, 0.15) is 45.1 Å². The number of imidazole rings is 1. The van der Waals surface area contributed by atoms with Crippen molar-refractivity contribution >= 4 is 21.1 Å². The van der Waals surface area contributed by atoms with Crippen molar-refractivity contribution in [2.75, 3.05) is 39.3 Å². The van der Waals surface area contributed by atoms with Crippen molar-refractivity contribution in [3.05, 3.63) is 52.5 Å². The Labute approximate surface area is 240 Å². The van der Waals surface area contributed by atoms with E-state index in [1.807, 2.05) is 31.7 Å². The number of H-pyrrole nitrogens is 1. The van der Waals surface area contributed by atoms with Gasteiger partial charge in [0, 0.05) is 45.6 Å². The number of aromatic nitrogens is 6. The van der Waals surface area contributed by atoms with E-state index in [4.69, 9.17) is 14.8 Å². The van der Waals surface area contributed by atoms with Crippen LogP contribution in [0.5, 0.6) is 5.75 Å². The third-order valence-electron chi connectivity index (χ3n) is 7.45. The van der Waals surface area contributed by atoms with Crippen LogP contribution in [0.2, 0.25) is 0 Å². The minimum atomic E-state index is -3.75. The summed E-state index contributed by atoms with van der Waals surface area (Å²) < 4.78 is 38.3. The second-order valence-electron chi connectivity index (χ2n) is 10.3. The standard InChI is InChI=1S/C28H38N8O4S/c1-5-8-22-25-26(36(32-22)19-24-29-11-12-33(24)4)28(37)31-27(30-25)21-18-20(9-10-23(21)40-17-6-2)41(38,39)35-15-13-34(7-3)14-16-35/h9-12,18H,5-8,13-17,19H2,1-4H3,(H,30,31,37). The lowest BCUT2D eigenvalue weighted by molar-refractivity contribution is 0.196. The topological polar surface area (TPSA) is 131 Å². The van der Waals surface area contributed by atoms with E-state index in [0.717, 1.165) is 25.2 Å². The Morgan fingerprint density at radius 3 is 2.51 bits per heavy atom. The largest absolute Gasteiger partial charge is 0.493 e. The van der Waals surface area contributed by atoms with E-state index in [9.17, 15) is 13.2 Å². The molecule has 0 unspecified atom stereocenters. The summed E-state index contributed by atoms with van der Waals surface area (Å²) in [5, 5.41) is 4.74. The quantitative estimate of drug-likeness (QED) is 0.286. The summed E-state index contributed by atoms with van der Waals surface area (Å²) in [4.78, 5) is 28.1. The number of ether oxygens (including phenoxy) is 1. The van der Waals surface area contributed by atoms with E-state index in [-0.39, 0.29) is 16.3 Å². The molecule has 3 aromatic heterocycles. The van der Waals surface area contributed by atoms with Gasteiger partial charge in [-0.25, -0.2) is 23.1 Å². The minimum absolute atomic E-state index is 0.142. The predicted octanol–water partition coefficient (Wildman–Crippen LogP) is 2.64. The zero-order chi connectivity index (χ0) is 29.1. The monoisotopic (exact) mass is 582 g/mol. The normalized spacial score (nSPS) is 15.1. The molecule has 4 heterocycles. The molecule has 1 fully saturated rings. The smallest absolute Gasteiger partial charge is 0.277 e. The van der Waals surface area contributed by atoms with E-state index in [1.165, 1.54) is 4.31 Å². The molecule has 5 rings (SSSR count). The summed E-state index contributed by atoms with van der Waals surface area (Å²) in [6.45, 7) is 9.99. The van der Waals surface area contributed by atoms with Gasteiger partial charge in [0.2, 0.25) is 10.0 Å². The number of aryl methyl sites for hydroxylation is 2. The third kappa shape index (κ3) is 5.79. The van der Waals surface area contributed by atoms with Gasteiger partial charge in [-0.15, -0.1) is 0 Å². The fraction of sp³-hybridized carbons (Fsp3) is 0.500. The summed E-state index contributed by atoms with van der Waals surface area (Å²) in [6, 6.07) is 4.79. The number of hydrogen-bond donors (Lipinski definition) is 1. The number of nitrogens with one attached hydrogen (secondary N) is 1. The molecular weight excluding hydrogens is 544 g/mol. The van der Waals surface area contributed by atoms with Crippen molar-refractivity contribution in [3.63, 3.8) is 0 Å². The number of piperazine rings is 1. The predicted molar refractivity (Wildman–Crippen MR) is 157 cm³/mol. The van der Waals surface area contributed by atoms with E-state index < -0.39 is 10.0 Å². The van der Waals surface area contributed by atoms with Gasteiger partial charge in [-0.2, -0.15) is 9.40 Å². The minimum Gasteiger partial charge on any atom is -0.493 e. The SMILES string of the molecule is CCCOc1ccc(S(=O)(=O)N2CCN(CC)CC2)cc1-c1nc2c(CCC)nn(Cc3nccn3C)c2c(=O)[nH]1. The summed E-state index contributed by atoms with van der Waals surface area (Å²) >= 11 is 0. The van der Waals surface area contributed by atoms with Crippen LogP contribution in [0.25, 0.3) is 22.4 Å². The number of aromatic amines is 1. The first-order valence-electron chi connectivity index (χ1n) is 14.2. The van der Waals surface area contributed by atoms with Gasteiger partial charge in [-0.1, -0.05) is 27.2 Å². The number of sulfonamides is 1. The fourth-order valence-electron chi connectivity index (χ4n) is 5.11. The van der Waals surface area contributed by atoms with Gasteiger partial charge in [0.25, 0.3) is 5.56 Å². The highest BCUT2D eigenvalue weighted by atomic mass is 32.2. The van der Waals surface area contributed by atoms with Crippen LogP contribution >= 0.6 is 0 Å². The molecule has 0 bridgehead atoms. The van der Waals surface area contributed by atoms with Crippen LogP contribution in [0.15, 0.2) is 40.3 Å². The molecule has 1 saturated heterocycles. The van der Waals surface area contributed by atoms with Crippen molar-refractivity contribution in [2.45, 2.75) is 51.5 Å². The molecule has 220 valence electrons. The highest BCUT2D eigenvalue weighted by molar-refractivity contribution is 7.89. The first-order chi connectivity index (χ1) is 19.8. The van der Waals surface area contributed by atoms with Crippen molar-refractivity contribution in [1.29, 1.82) is 0 Å². The Morgan fingerprint density at radius 2 is 1.85 bits per heavy atom. The maximum absolute atomic E-state index is 13.6. The third-order valence-corrected chi connectivity index (χ3v) is 9.35. The highest BCUT2D eigenvalue weighted by Crippen LogP contribution is 2.32. The molecule has 0 radical (unpaired) electrons. The number of rotatable bonds is 11. The number of likely N-dealkylation sites (N-methyl/N-ethyl adjacent to an activating group) is 1. The molecule has 1 aliphatic rings. The van der Waals surface area contributed by atoms with Crippen LogP contribution in [0.4, 0.5) is 0 Å². The van der Waals surface area contributed by atoms with Crippen LogP contribution < -0.4 is 10.3 Å². The van der Waals surface area contributed by atoms with Crippen molar-refractivity contribution in [2.24, 2.45) is 7.05 Å². The molecule has 41 heavy (non-hydrogen) atoms. The summed E-state index contributed by atoms with van der Waals surface area (Å²) in [7, 11) is -1.86. The first-order valence-corrected chi connectivity index (χ1v) is 15.7. The Bertz CT molecular complexity index is 1680. The Morgan fingerprint density at radius 1 is 1.07 bits per heavy atom. The van der Waals surface area contributed by atoms with Crippen molar-refractivity contribution in [1.82, 2.24) is 38.5 Å². The molecule has 0 atom stereocenters. The molecule has 0 aliphatic carbocycles. The molecule has 0 saturated carbocycles. The molecular formula is C28H38N8O4S. The second-order valence-corrected chi connectivity index (χ2v) is 12.2. The molecule has 1 aromatic carbocycles. The second kappa shape index (κ2) is 12.1. The van der Waals surface area contributed by atoms with Gasteiger partial charge >= 0.3 is 0 Å². The lowest BCUT2D eigenvalue weighted by atomic mass is 10.1. The molecule has 1 aliphatic heterocycles. The van der Waals surface area contributed by atoms with Gasteiger partial charge in [0.05, 0.1) is 22.8 Å². The molecule has 0 amide bonds. The summed E-state index contributed by atoms with van der Waals surface area (Å²) in [5.41, 5.74) is 1.61. The number of fused-ring (bicyclic) bond motifs is 1. The van der Waals surface area contributed by atoms with Crippen LogP contribution in [-0.2, 0) is 30.0 Å². The number of benzene rings is 1. The molecule has 12 nitrogen and oxygen atoms in total. The highest BCUT2D eigenvalue weighted by Gasteiger charge is 2.29. The van der Waals surface area contributed by atoms with E-state index in [0.29, 0.717) is 73.8 Å².